The van der Waals surface area contributed by atoms with Gasteiger partial charge in [-0.15, -0.1) is 0 Å². The molecule has 5 nitrogen and oxygen atoms in total. The van der Waals surface area contributed by atoms with Crippen LogP contribution in [0.4, 0.5) is 5.69 Å². The lowest BCUT2D eigenvalue weighted by atomic mass is 10.0. The molecule has 0 aromatic heterocycles. The number of morpholine rings is 1. The molecular formula is C21H36N4OS+2. The standard InChI is InChI=1S/C21H34N4OS/c1-3-18-6-4-5-7-20(18)22-21(27)25-10-8-19(9-11-25)23(2)12-13-24-14-16-26-17-15-24/h4-7,19H,3,8-17H2,1-2H3,(H,22,27)/p+2. The maximum absolute atomic E-state index is 5.70. The first-order valence-electron chi connectivity index (χ1n) is 10.5. The van der Waals surface area contributed by atoms with Gasteiger partial charge >= 0.3 is 0 Å². The first-order chi connectivity index (χ1) is 13.2. The molecule has 2 fully saturated rings. The number of ether oxygens (including phenoxy) is 1. The largest absolute Gasteiger partial charge is 0.370 e. The maximum Gasteiger partial charge on any atom is 0.173 e. The van der Waals surface area contributed by atoms with Gasteiger partial charge in [-0.2, -0.15) is 0 Å². The zero-order valence-corrected chi connectivity index (χ0v) is 17.7. The van der Waals surface area contributed by atoms with Crippen molar-refractivity contribution >= 4 is 23.0 Å². The number of thiocarbonyl (C=S) groups is 1. The van der Waals surface area contributed by atoms with Gasteiger partial charge in [0.15, 0.2) is 5.11 Å². The summed E-state index contributed by atoms with van der Waals surface area (Å²) < 4.78 is 5.46. The van der Waals surface area contributed by atoms with Crippen LogP contribution in [0.25, 0.3) is 0 Å². The number of likely N-dealkylation sites (N-methyl/N-ethyl adjacent to an activating group) is 1. The lowest BCUT2D eigenvalue weighted by Gasteiger charge is -2.36. The second-order valence-corrected chi connectivity index (χ2v) is 8.30. The highest BCUT2D eigenvalue weighted by Gasteiger charge is 2.27. The van der Waals surface area contributed by atoms with E-state index in [2.05, 4.69) is 48.5 Å². The van der Waals surface area contributed by atoms with Gasteiger partial charge in [0.1, 0.15) is 26.2 Å². The van der Waals surface area contributed by atoms with Gasteiger partial charge in [0.2, 0.25) is 0 Å². The molecule has 1 aromatic rings. The number of hydrogen-bond donors (Lipinski definition) is 3. The number of rotatable bonds is 6. The molecule has 0 amide bonds. The molecule has 3 rings (SSSR count). The molecule has 0 bridgehead atoms. The average Bonchev–Trinajstić information content (AvgIpc) is 2.73. The summed E-state index contributed by atoms with van der Waals surface area (Å²) in [5.41, 5.74) is 2.48. The molecule has 0 saturated carbocycles. The Morgan fingerprint density at radius 1 is 1.26 bits per heavy atom. The first-order valence-corrected chi connectivity index (χ1v) is 11.0. The van der Waals surface area contributed by atoms with Crippen LogP contribution in [0.15, 0.2) is 24.3 Å². The van der Waals surface area contributed by atoms with Gasteiger partial charge in [-0.25, -0.2) is 0 Å². The third-order valence-corrected chi connectivity index (χ3v) is 6.55. The van der Waals surface area contributed by atoms with Gasteiger partial charge in [0.25, 0.3) is 0 Å². The van der Waals surface area contributed by atoms with Crippen molar-refractivity contribution in [2.75, 3.05) is 64.8 Å². The van der Waals surface area contributed by atoms with Gasteiger partial charge in [0, 0.05) is 31.6 Å². The highest BCUT2D eigenvalue weighted by molar-refractivity contribution is 7.80. The monoisotopic (exact) mass is 392 g/mol. The number of aryl methyl sites for hydroxylation is 1. The molecule has 2 aliphatic heterocycles. The summed E-state index contributed by atoms with van der Waals surface area (Å²) in [7, 11) is 2.37. The van der Waals surface area contributed by atoms with Gasteiger partial charge in [-0.3, -0.25) is 0 Å². The predicted molar refractivity (Wildman–Crippen MR) is 115 cm³/mol. The molecule has 0 aliphatic carbocycles. The summed E-state index contributed by atoms with van der Waals surface area (Å²) in [4.78, 5) is 5.74. The van der Waals surface area contributed by atoms with Crippen molar-refractivity contribution in [2.45, 2.75) is 32.2 Å². The van der Waals surface area contributed by atoms with Crippen LogP contribution in [0, 0.1) is 0 Å². The van der Waals surface area contributed by atoms with Gasteiger partial charge < -0.3 is 24.8 Å². The third-order valence-electron chi connectivity index (χ3n) is 6.19. The fourth-order valence-corrected chi connectivity index (χ4v) is 4.50. The molecule has 1 atom stereocenters. The van der Waals surface area contributed by atoms with Crippen molar-refractivity contribution < 1.29 is 14.5 Å². The Balaban J connectivity index is 1.41. The molecule has 0 radical (unpaired) electrons. The summed E-state index contributed by atoms with van der Waals surface area (Å²) in [5.74, 6) is 0. The number of nitrogens with one attached hydrogen (secondary N) is 3. The molecule has 6 heteroatoms. The van der Waals surface area contributed by atoms with E-state index in [9.17, 15) is 0 Å². The SMILES string of the molecule is CCc1ccccc1NC(=S)N1CCC([NH+](C)CC[NH+]2CCOCC2)CC1. The Labute approximate surface area is 169 Å². The number of nitrogens with zero attached hydrogens (tertiary/aromatic N) is 1. The van der Waals surface area contributed by atoms with Crippen LogP contribution in [-0.4, -0.2) is 75.6 Å². The fourth-order valence-electron chi connectivity index (χ4n) is 4.21. The number of para-hydroxylation sites is 1. The van der Waals surface area contributed by atoms with E-state index < -0.39 is 0 Å². The van der Waals surface area contributed by atoms with Crippen LogP contribution in [0.1, 0.15) is 25.3 Å². The lowest BCUT2D eigenvalue weighted by molar-refractivity contribution is -0.964. The van der Waals surface area contributed by atoms with Crippen molar-refractivity contribution in [3.63, 3.8) is 0 Å². The van der Waals surface area contributed by atoms with E-state index in [1.54, 1.807) is 9.80 Å². The molecule has 2 saturated heterocycles. The van der Waals surface area contributed by atoms with Crippen molar-refractivity contribution in [3.05, 3.63) is 29.8 Å². The zero-order chi connectivity index (χ0) is 19.1. The normalized spacial score (nSPS) is 20.4. The summed E-state index contributed by atoms with van der Waals surface area (Å²) in [5, 5.41) is 4.36. The Hall–Kier alpha value is -1.21. The molecular weight excluding hydrogens is 356 g/mol. The number of hydrogen-bond acceptors (Lipinski definition) is 2. The quantitative estimate of drug-likeness (QED) is 0.588. The Bertz CT molecular complexity index is 598. The van der Waals surface area contributed by atoms with Crippen LogP contribution >= 0.6 is 12.2 Å². The van der Waals surface area contributed by atoms with Crippen molar-refractivity contribution in [1.29, 1.82) is 0 Å². The number of likely N-dealkylation sites (tertiary alicyclic amines) is 1. The van der Waals surface area contributed by atoms with Crippen LogP contribution in [0.5, 0.6) is 0 Å². The number of piperidine rings is 1. The van der Waals surface area contributed by atoms with E-state index in [-0.39, 0.29) is 0 Å². The highest BCUT2D eigenvalue weighted by atomic mass is 32.1. The minimum Gasteiger partial charge on any atom is -0.370 e. The predicted octanol–water partition coefficient (Wildman–Crippen LogP) is -0.160. The molecule has 150 valence electrons. The molecule has 27 heavy (non-hydrogen) atoms. The number of anilines is 1. The third kappa shape index (κ3) is 5.88. The Kier molecular flexibility index (Phi) is 7.88. The van der Waals surface area contributed by atoms with E-state index in [0.29, 0.717) is 0 Å². The summed E-state index contributed by atoms with van der Waals surface area (Å²) in [6.07, 6.45) is 3.47. The van der Waals surface area contributed by atoms with E-state index >= 15 is 0 Å². The number of quaternary nitrogens is 2. The second kappa shape index (κ2) is 10.4. The fraction of sp³-hybridized carbons (Fsp3) is 0.667. The Morgan fingerprint density at radius 2 is 1.96 bits per heavy atom. The molecule has 1 unspecified atom stereocenters. The second-order valence-electron chi connectivity index (χ2n) is 7.91. The summed E-state index contributed by atoms with van der Waals surface area (Å²) >= 11 is 5.70. The van der Waals surface area contributed by atoms with Crippen LogP contribution in [0.2, 0.25) is 0 Å². The first kappa shape index (κ1) is 20.5. The minimum atomic E-state index is 0.757. The Morgan fingerprint density at radius 3 is 2.67 bits per heavy atom. The van der Waals surface area contributed by atoms with Crippen LogP contribution in [-0.2, 0) is 11.2 Å². The summed E-state index contributed by atoms with van der Waals surface area (Å²) in [6, 6.07) is 9.23. The van der Waals surface area contributed by atoms with E-state index in [1.165, 1.54) is 44.6 Å². The molecule has 2 aliphatic rings. The summed E-state index contributed by atoms with van der Waals surface area (Å²) in [6.45, 7) is 11.0. The highest BCUT2D eigenvalue weighted by Crippen LogP contribution is 2.17. The molecule has 1 aromatic carbocycles. The molecule has 2 heterocycles. The van der Waals surface area contributed by atoms with Crippen molar-refractivity contribution in [3.8, 4) is 0 Å². The minimum absolute atomic E-state index is 0.757. The average molecular weight is 393 g/mol. The van der Waals surface area contributed by atoms with Gasteiger partial charge in [-0.1, -0.05) is 25.1 Å². The smallest absolute Gasteiger partial charge is 0.173 e. The molecule has 0 spiro atoms. The van der Waals surface area contributed by atoms with Crippen LogP contribution < -0.4 is 15.1 Å². The van der Waals surface area contributed by atoms with Gasteiger partial charge in [0.05, 0.1) is 26.3 Å². The lowest BCUT2D eigenvalue weighted by Crippen LogP contribution is -3.21. The topological polar surface area (TPSA) is 33.4 Å². The van der Waals surface area contributed by atoms with Crippen molar-refractivity contribution in [2.24, 2.45) is 0 Å². The zero-order valence-electron chi connectivity index (χ0n) is 16.9. The van der Waals surface area contributed by atoms with E-state index in [4.69, 9.17) is 17.0 Å². The maximum atomic E-state index is 5.70. The van der Waals surface area contributed by atoms with E-state index in [0.717, 1.165) is 49.6 Å². The van der Waals surface area contributed by atoms with Crippen LogP contribution in [0.3, 0.4) is 0 Å². The number of benzene rings is 1. The van der Waals surface area contributed by atoms with Gasteiger partial charge in [-0.05, 0) is 30.3 Å². The molecule has 3 N–H and O–H groups in total. The van der Waals surface area contributed by atoms with Crippen molar-refractivity contribution in [1.82, 2.24) is 4.90 Å². The van der Waals surface area contributed by atoms with E-state index in [1.807, 2.05) is 0 Å².